The van der Waals surface area contributed by atoms with E-state index in [1.807, 2.05) is 0 Å². The third-order valence-corrected chi connectivity index (χ3v) is 1.63. The molecule has 66 valence electrons. The molecule has 0 spiro atoms. The van der Waals surface area contributed by atoms with Crippen LogP contribution in [0.3, 0.4) is 0 Å². The van der Waals surface area contributed by atoms with Gasteiger partial charge in [0.25, 0.3) is 0 Å². The Morgan fingerprint density at radius 2 is 2.15 bits per heavy atom. The van der Waals surface area contributed by atoms with Crippen molar-refractivity contribution in [3.63, 3.8) is 0 Å². The lowest BCUT2D eigenvalue weighted by Gasteiger charge is -1.96. The van der Waals surface area contributed by atoms with E-state index < -0.39 is 6.56 Å². The second-order valence-electron chi connectivity index (χ2n) is 2.44. The Morgan fingerprint density at radius 3 is 2.69 bits per heavy atom. The fourth-order valence-corrected chi connectivity index (χ4v) is 0.992. The maximum absolute atomic E-state index is 9.09. The van der Waals surface area contributed by atoms with Crippen molar-refractivity contribution in [2.24, 2.45) is 0 Å². The molecule has 0 aliphatic rings. The van der Waals surface area contributed by atoms with Crippen LogP contribution in [0.1, 0.15) is 8.30 Å². The number of nitrogens with zero attached hydrogens (tertiary/aromatic N) is 2. The second-order valence-corrected chi connectivity index (χ2v) is 2.44. The molecular weight excluding hydrogens is 168 g/mol. The van der Waals surface area contributed by atoms with Gasteiger partial charge in [0, 0.05) is 5.56 Å². The summed E-state index contributed by atoms with van der Waals surface area (Å²) in [5.41, 5.74) is 0.895. The summed E-state index contributed by atoms with van der Waals surface area (Å²) in [4.78, 5) is 3.84. The summed E-state index contributed by atoms with van der Waals surface area (Å²) >= 11 is 0. The lowest BCUT2D eigenvalue weighted by Crippen LogP contribution is -1.84. The van der Waals surface area contributed by atoms with Crippen LogP contribution in [0, 0.1) is 0 Å². The Balaban J connectivity index is 2.33. The number of aromatic nitrogens is 2. The lowest BCUT2D eigenvalue weighted by atomic mass is 10.1. The SMILES string of the molecule is [2H]C([2H])(O)c1ccc(-c2ncon2)cc1. The average Bonchev–Trinajstić information content (AvgIpc) is 2.69. The number of aliphatic hydroxyl groups is 1. The molecule has 1 aromatic heterocycles. The Labute approximate surface area is 77.6 Å². The lowest BCUT2D eigenvalue weighted by molar-refractivity contribution is 0.282. The first-order valence-corrected chi connectivity index (χ1v) is 3.67. The third-order valence-electron chi connectivity index (χ3n) is 1.63. The third kappa shape index (κ3) is 1.57. The van der Waals surface area contributed by atoms with E-state index in [0.717, 1.165) is 0 Å². The van der Waals surface area contributed by atoms with Gasteiger partial charge in [0.15, 0.2) is 0 Å². The van der Waals surface area contributed by atoms with Gasteiger partial charge in [-0.2, -0.15) is 4.98 Å². The van der Waals surface area contributed by atoms with E-state index in [4.69, 9.17) is 7.85 Å². The quantitative estimate of drug-likeness (QED) is 0.751. The summed E-state index contributed by atoms with van der Waals surface area (Å²) < 4.78 is 18.8. The van der Waals surface area contributed by atoms with E-state index in [1.165, 1.54) is 18.5 Å². The number of rotatable bonds is 2. The van der Waals surface area contributed by atoms with Gasteiger partial charge >= 0.3 is 0 Å². The standard InChI is InChI=1S/C9H8N2O2/c12-5-7-1-3-8(4-2-7)9-10-6-13-11-9/h1-4,6,12H,5H2/i5D2. The van der Waals surface area contributed by atoms with E-state index in [-0.39, 0.29) is 5.56 Å². The van der Waals surface area contributed by atoms with Gasteiger partial charge in [0.2, 0.25) is 12.2 Å². The molecule has 2 aromatic rings. The molecule has 4 nitrogen and oxygen atoms in total. The minimum Gasteiger partial charge on any atom is -0.392 e. The largest absolute Gasteiger partial charge is 0.392 e. The Hall–Kier alpha value is -1.68. The van der Waals surface area contributed by atoms with Crippen LogP contribution in [0.15, 0.2) is 35.2 Å². The fourth-order valence-electron chi connectivity index (χ4n) is 0.992. The normalized spacial score (nSPS) is 13.6. The van der Waals surface area contributed by atoms with Crippen LogP contribution in [-0.2, 0) is 6.56 Å². The van der Waals surface area contributed by atoms with Crippen molar-refractivity contribution in [1.29, 1.82) is 0 Å². The van der Waals surface area contributed by atoms with Crippen molar-refractivity contribution in [3.05, 3.63) is 36.2 Å². The van der Waals surface area contributed by atoms with Gasteiger partial charge in [0.05, 0.1) is 9.30 Å². The molecular formula is C9H8N2O2. The Kier molecular flexibility index (Phi) is 1.52. The van der Waals surface area contributed by atoms with E-state index in [9.17, 15) is 0 Å². The minimum absolute atomic E-state index is 0.190. The zero-order chi connectivity index (χ0) is 10.9. The van der Waals surface area contributed by atoms with E-state index in [1.54, 1.807) is 12.1 Å². The summed E-state index contributed by atoms with van der Waals surface area (Å²) in [6, 6.07) is 6.19. The predicted octanol–water partition coefficient (Wildman–Crippen LogP) is 1.23. The molecule has 13 heavy (non-hydrogen) atoms. The van der Waals surface area contributed by atoms with Crippen LogP contribution in [0.2, 0.25) is 0 Å². The van der Waals surface area contributed by atoms with Crippen LogP contribution >= 0.6 is 0 Å². The highest BCUT2D eigenvalue weighted by molar-refractivity contribution is 5.54. The van der Waals surface area contributed by atoms with Crippen molar-refractivity contribution in [2.75, 3.05) is 0 Å². The number of benzene rings is 1. The highest BCUT2D eigenvalue weighted by atomic mass is 16.5. The van der Waals surface area contributed by atoms with Crippen LogP contribution in [0.5, 0.6) is 0 Å². The van der Waals surface area contributed by atoms with Gasteiger partial charge in [-0.25, -0.2) is 0 Å². The van der Waals surface area contributed by atoms with Crippen molar-refractivity contribution in [2.45, 2.75) is 6.56 Å². The molecule has 2 rings (SSSR count). The topological polar surface area (TPSA) is 59.2 Å². The first kappa shape index (κ1) is 5.88. The van der Waals surface area contributed by atoms with Crippen molar-refractivity contribution < 1.29 is 12.4 Å². The number of hydrogen-bond donors (Lipinski definition) is 1. The van der Waals surface area contributed by atoms with Crippen LogP contribution in [-0.4, -0.2) is 15.2 Å². The van der Waals surface area contributed by atoms with E-state index in [2.05, 4.69) is 14.7 Å². The summed E-state index contributed by atoms with van der Waals surface area (Å²) in [5.74, 6) is 0.431. The minimum atomic E-state index is -2.32. The van der Waals surface area contributed by atoms with Crippen molar-refractivity contribution >= 4 is 0 Å². The molecule has 0 atom stereocenters. The molecule has 0 saturated carbocycles. The highest BCUT2D eigenvalue weighted by Crippen LogP contribution is 2.14. The molecule has 0 radical (unpaired) electrons. The summed E-state index contributed by atoms with van der Waals surface area (Å²) in [6.07, 6.45) is 1.22. The smallest absolute Gasteiger partial charge is 0.214 e. The van der Waals surface area contributed by atoms with Gasteiger partial charge in [-0.1, -0.05) is 29.4 Å². The van der Waals surface area contributed by atoms with E-state index >= 15 is 0 Å². The zero-order valence-corrected chi connectivity index (χ0v) is 6.64. The molecule has 0 unspecified atom stereocenters. The molecule has 0 saturated heterocycles. The first-order chi connectivity index (χ1) is 7.07. The summed E-state index contributed by atoms with van der Waals surface area (Å²) in [5, 5.41) is 12.7. The second kappa shape index (κ2) is 3.37. The first-order valence-electron chi connectivity index (χ1n) is 4.67. The molecule has 0 aliphatic heterocycles. The molecule has 0 aliphatic carbocycles. The molecule has 0 fully saturated rings. The molecule has 1 N–H and O–H groups in total. The zero-order valence-electron chi connectivity index (χ0n) is 8.64. The maximum atomic E-state index is 9.09. The van der Waals surface area contributed by atoms with Crippen molar-refractivity contribution in [3.8, 4) is 11.4 Å². The average molecular weight is 178 g/mol. The van der Waals surface area contributed by atoms with Gasteiger partial charge in [-0.3, -0.25) is 0 Å². The van der Waals surface area contributed by atoms with Crippen LogP contribution in [0.4, 0.5) is 0 Å². The van der Waals surface area contributed by atoms with Gasteiger partial charge < -0.3 is 9.63 Å². The predicted molar refractivity (Wildman–Crippen MR) is 45.7 cm³/mol. The van der Waals surface area contributed by atoms with E-state index in [0.29, 0.717) is 11.4 Å². The number of hydrogen-bond acceptors (Lipinski definition) is 4. The maximum Gasteiger partial charge on any atom is 0.214 e. The van der Waals surface area contributed by atoms with Crippen LogP contribution < -0.4 is 0 Å². The molecule has 4 heteroatoms. The molecule has 1 heterocycles. The van der Waals surface area contributed by atoms with Gasteiger partial charge in [-0.15, -0.1) is 0 Å². The highest BCUT2D eigenvalue weighted by Gasteiger charge is 2.01. The molecule has 0 amide bonds. The fraction of sp³-hybridized carbons (Fsp3) is 0.111. The van der Waals surface area contributed by atoms with Crippen molar-refractivity contribution in [1.82, 2.24) is 10.1 Å². The molecule has 0 bridgehead atoms. The molecule has 1 aromatic carbocycles. The Bertz CT molecular complexity index is 434. The Morgan fingerprint density at radius 1 is 1.38 bits per heavy atom. The van der Waals surface area contributed by atoms with Crippen LogP contribution in [0.25, 0.3) is 11.4 Å². The monoisotopic (exact) mass is 178 g/mol. The summed E-state index contributed by atoms with van der Waals surface area (Å²) in [7, 11) is 0. The summed E-state index contributed by atoms with van der Waals surface area (Å²) in [6.45, 7) is -2.32. The van der Waals surface area contributed by atoms with Gasteiger partial charge in [0.1, 0.15) is 0 Å². The van der Waals surface area contributed by atoms with Gasteiger partial charge in [-0.05, 0) is 5.56 Å².